The van der Waals surface area contributed by atoms with E-state index in [4.69, 9.17) is 14.5 Å². The Labute approximate surface area is 158 Å². The first-order chi connectivity index (χ1) is 13.3. The average molecular weight is 365 g/mol. The molecule has 0 spiro atoms. The van der Waals surface area contributed by atoms with Crippen molar-refractivity contribution >= 4 is 0 Å². The van der Waals surface area contributed by atoms with Crippen LogP contribution in [0.4, 0.5) is 0 Å². The lowest BCUT2D eigenvalue weighted by molar-refractivity contribution is 0.240. The number of aliphatic hydroxyl groups is 1. The fourth-order valence-electron chi connectivity index (χ4n) is 3.46. The van der Waals surface area contributed by atoms with Crippen LogP contribution < -0.4 is 9.47 Å². The number of hydrogen-bond donors (Lipinski definition) is 1. The summed E-state index contributed by atoms with van der Waals surface area (Å²) in [6, 6.07) is 16.0. The molecular formula is C21H23N3O3. The van der Waals surface area contributed by atoms with Crippen molar-refractivity contribution in [3.8, 4) is 11.5 Å². The number of benzene rings is 2. The number of aromatic nitrogens is 3. The fraction of sp³-hybridized carbons (Fsp3) is 0.333. The number of methoxy groups -OCH3 is 1. The summed E-state index contributed by atoms with van der Waals surface area (Å²) < 4.78 is 12.9. The van der Waals surface area contributed by atoms with Gasteiger partial charge < -0.3 is 14.6 Å². The normalized spacial score (nSPS) is 15.9. The molecule has 1 atom stereocenters. The molecule has 1 aromatic heterocycles. The Hall–Kier alpha value is -2.86. The molecule has 1 aliphatic rings. The van der Waals surface area contributed by atoms with Crippen LogP contribution in [0.2, 0.25) is 0 Å². The van der Waals surface area contributed by atoms with Gasteiger partial charge in [0, 0.05) is 6.42 Å². The van der Waals surface area contributed by atoms with E-state index in [0.29, 0.717) is 19.6 Å². The van der Waals surface area contributed by atoms with Crippen LogP contribution in [0.25, 0.3) is 0 Å². The molecule has 0 fully saturated rings. The molecular weight excluding hydrogens is 342 g/mol. The minimum atomic E-state index is 0.0303. The van der Waals surface area contributed by atoms with Crippen LogP contribution in [0.15, 0.2) is 48.5 Å². The molecule has 0 bridgehead atoms. The summed E-state index contributed by atoms with van der Waals surface area (Å²) in [6.07, 6.45) is 1.50. The lowest BCUT2D eigenvalue weighted by Crippen LogP contribution is -2.23. The van der Waals surface area contributed by atoms with Gasteiger partial charge in [-0.25, -0.2) is 9.67 Å². The lowest BCUT2D eigenvalue weighted by atomic mass is 9.96. The molecule has 1 aliphatic heterocycles. The monoisotopic (exact) mass is 365 g/mol. The molecule has 140 valence electrons. The van der Waals surface area contributed by atoms with E-state index in [2.05, 4.69) is 11.2 Å². The zero-order valence-electron chi connectivity index (χ0n) is 15.3. The molecule has 0 radical (unpaired) electrons. The molecule has 0 saturated carbocycles. The molecule has 6 nitrogen and oxygen atoms in total. The van der Waals surface area contributed by atoms with E-state index in [0.717, 1.165) is 35.1 Å². The summed E-state index contributed by atoms with van der Waals surface area (Å²) in [4.78, 5) is 4.79. The first kappa shape index (κ1) is 17.5. The van der Waals surface area contributed by atoms with Crippen molar-refractivity contribution in [3.63, 3.8) is 0 Å². The van der Waals surface area contributed by atoms with Crippen molar-refractivity contribution in [2.75, 3.05) is 20.3 Å². The van der Waals surface area contributed by atoms with Gasteiger partial charge in [-0.3, -0.25) is 0 Å². The molecule has 6 heteroatoms. The van der Waals surface area contributed by atoms with E-state index in [1.807, 2.05) is 47.1 Å². The number of nitrogens with zero attached hydrogens (tertiary/aromatic N) is 3. The predicted molar refractivity (Wildman–Crippen MR) is 101 cm³/mol. The van der Waals surface area contributed by atoms with E-state index in [-0.39, 0.29) is 12.5 Å². The molecule has 0 saturated heterocycles. The molecule has 2 heterocycles. The highest BCUT2D eigenvalue weighted by Crippen LogP contribution is 2.31. The Morgan fingerprint density at radius 3 is 2.78 bits per heavy atom. The standard InChI is InChI=1S/C21H23N3O3/c1-26-18-8-6-15(7-9-18)12-20-22-21(24(23-20)10-11-25)17-13-16-4-2-3-5-19(16)27-14-17/h2-9,17,25H,10-14H2,1H3. The maximum atomic E-state index is 9.42. The van der Waals surface area contributed by atoms with Crippen molar-refractivity contribution in [1.82, 2.24) is 14.8 Å². The van der Waals surface area contributed by atoms with Gasteiger partial charge in [0.2, 0.25) is 0 Å². The Morgan fingerprint density at radius 1 is 1.19 bits per heavy atom. The summed E-state index contributed by atoms with van der Waals surface area (Å²) in [5, 5.41) is 14.1. The minimum absolute atomic E-state index is 0.0303. The van der Waals surface area contributed by atoms with E-state index in [1.54, 1.807) is 7.11 Å². The smallest absolute Gasteiger partial charge is 0.155 e. The maximum absolute atomic E-state index is 9.42. The predicted octanol–water partition coefficient (Wildman–Crippen LogP) is 2.59. The number of rotatable bonds is 6. The summed E-state index contributed by atoms with van der Waals surface area (Å²) >= 11 is 0. The summed E-state index contributed by atoms with van der Waals surface area (Å²) in [5.74, 6) is 3.53. The molecule has 1 N–H and O–H groups in total. The third-order valence-corrected chi connectivity index (χ3v) is 4.82. The van der Waals surface area contributed by atoms with Crippen LogP contribution in [0.5, 0.6) is 11.5 Å². The Bertz CT molecular complexity index is 905. The number of para-hydroxylation sites is 1. The van der Waals surface area contributed by atoms with Gasteiger partial charge in [0.05, 0.1) is 32.8 Å². The van der Waals surface area contributed by atoms with Gasteiger partial charge >= 0.3 is 0 Å². The number of fused-ring (bicyclic) bond motifs is 1. The molecule has 27 heavy (non-hydrogen) atoms. The minimum Gasteiger partial charge on any atom is -0.497 e. The highest BCUT2D eigenvalue weighted by Gasteiger charge is 2.26. The van der Waals surface area contributed by atoms with Gasteiger partial charge in [-0.05, 0) is 35.7 Å². The lowest BCUT2D eigenvalue weighted by Gasteiger charge is -2.24. The van der Waals surface area contributed by atoms with Crippen molar-refractivity contribution in [3.05, 3.63) is 71.3 Å². The third kappa shape index (κ3) is 3.80. The van der Waals surface area contributed by atoms with Gasteiger partial charge in [-0.15, -0.1) is 0 Å². The maximum Gasteiger partial charge on any atom is 0.155 e. The SMILES string of the molecule is COc1ccc(Cc2nc(C3COc4ccccc4C3)n(CCO)n2)cc1. The molecule has 0 amide bonds. The second-order valence-corrected chi connectivity index (χ2v) is 6.68. The molecule has 4 rings (SSSR count). The van der Waals surface area contributed by atoms with Crippen LogP contribution in [-0.4, -0.2) is 40.2 Å². The second-order valence-electron chi connectivity index (χ2n) is 6.68. The van der Waals surface area contributed by atoms with Crippen molar-refractivity contribution in [2.45, 2.75) is 25.3 Å². The van der Waals surface area contributed by atoms with E-state index >= 15 is 0 Å². The Kier molecular flexibility index (Phi) is 5.07. The molecule has 2 aromatic carbocycles. The number of aliphatic hydroxyl groups excluding tert-OH is 1. The molecule has 1 unspecified atom stereocenters. The summed E-state index contributed by atoms with van der Waals surface area (Å²) in [6.45, 7) is 1.04. The molecule has 0 aliphatic carbocycles. The van der Waals surface area contributed by atoms with Crippen molar-refractivity contribution in [2.24, 2.45) is 0 Å². The first-order valence-corrected chi connectivity index (χ1v) is 9.15. The van der Waals surface area contributed by atoms with Crippen molar-refractivity contribution in [1.29, 1.82) is 0 Å². The average Bonchev–Trinajstić information content (AvgIpc) is 3.11. The Morgan fingerprint density at radius 2 is 2.00 bits per heavy atom. The van der Waals surface area contributed by atoms with E-state index in [1.165, 1.54) is 5.56 Å². The zero-order valence-corrected chi connectivity index (χ0v) is 15.3. The Balaban J connectivity index is 1.57. The first-order valence-electron chi connectivity index (χ1n) is 9.15. The van der Waals surface area contributed by atoms with Crippen LogP contribution in [0, 0.1) is 0 Å². The summed E-state index contributed by atoms with van der Waals surface area (Å²) in [5.41, 5.74) is 2.30. The number of ether oxygens (including phenoxy) is 2. The summed E-state index contributed by atoms with van der Waals surface area (Å²) in [7, 11) is 1.66. The highest BCUT2D eigenvalue weighted by molar-refractivity contribution is 5.36. The number of hydrogen-bond acceptors (Lipinski definition) is 5. The van der Waals surface area contributed by atoms with Crippen LogP contribution in [0.1, 0.15) is 28.7 Å². The van der Waals surface area contributed by atoms with Gasteiger partial charge in [0.25, 0.3) is 0 Å². The second kappa shape index (κ2) is 7.80. The van der Waals surface area contributed by atoms with Crippen molar-refractivity contribution < 1.29 is 14.6 Å². The van der Waals surface area contributed by atoms with Gasteiger partial charge in [-0.2, -0.15) is 5.10 Å². The molecule has 3 aromatic rings. The highest BCUT2D eigenvalue weighted by atomic mass is 16.5. The van der Waals surface area contributed by atoms with Crippen LogP contribution in [-0.2, 0) is 19.4 Å². The third-order valence-electron chi connectivity index (χ3n) is 4.82. The zero-order chi connectivity index (χ0) is 18.6. The quantitative estimate of drug-likeness (QED) is 0.727. The fourth-order valence-corrected chi connectivity index (χ4v) is 3.46. The van der Waals surface area contributed by atoms with E-state index in [9.17, 15) is 5.11 Å². The largest absolute Gasteiger partial charge is 0.497 e. The van der Waals surface area contributed by atoms with Crippen LogP contribution in [0.3, 0.4) is 0 Å². The van der Waals surface area contributed by atoms with Gasteiger partial charge in [0.1, 0.15) is 17.3 Å². The van der Waals surface area contributed by atoms with Crippen LogP contribution >= 0.6 is 0 Å². The topological polar surface area (TPSA) is 69.4 Å². The van der Waals surface area contributed by atoms with E-state index < -0.39 is 0 Å². The van der Waals surface area contributed by atoms with Gasteiger partial charge in [-0.1, -0.05) is 30.3 Å². The van der Waals surface area contributed by atoms with Gasteiger partial charge in [0.15, 0.2) is 5.82 Å².